The van der Waals surface area contributed by atoms with Crippen LogP contribution in [-0.2, 0) is 4.79 Å². The third-order valence-electron chi connectivity index (χ3n) is 1.61. The van der Waals surface area contributed by atoms with Gasteiger partial charge in [-0.25, -0.2) is 4.98 Å². The van der Waals surface area contributed by atoms with Gasteiger partial charge in [-0.3, -0.25) is 4.79 Å². The Kier molecular flexibility index (Phi) is 3.25. The zero-order valence-corrected chi connectivity index (χ0v) is 7.79. The molecule has 1 amide bonds. The second-order valence-electron chi connectivity index (χ2n) is 2.71. The summed E-state index contributed by atoms with van der Waals surface area (Å²) in [7, 11) is 0. The SMILES string of the molecule is CC/C=C(/C)C(=O)Nc1cnc[nH]1. The third-order valence-corrected chi connectivity index (χ3v) is 1.61. The number of rotatable bonds is 3. The van der Waals surface area contributed by atoms with Crippen LogP contribution in [0.5, 0.6) is 0 Å². The summed E-state index contributed by atoms with van der Waals surface area (Å²) in [5.74, 6) is 0.528. The highest BCUT2D eigenvalue weighted by atomic mass is 16.1. The number of H-pyrrole nitrogens is 1. The van der Waals surface area contributed by atoms with Crippen LogP contribution in [0.1, 0.15) is 20.3 Å². The highest BCUT2D eigenvalue weighted by Gasteiger charge is 2.03. The van der Waals surface area contributed by atoms with Crippen molar-refractivity contribution in [3.63, 3.8) is 0 Å². The minimum absolute atomic E-state index is 0.0916. The number of anilines is 1. The first-order chi connectivity index (χ1) is 6.24. The quantitative estimate of drug-likeness (QED) is 0.694. The van der Waals surface area contributed by atoms with Gasteiger partial charge in [0.25, 0.3) is 5.91 Å². The average Bonchev–Trinajstić information content (AvgIpc) is 2.57. The molecular formula is C9H13N3O. The summed E-state index contributed by atoms with van der Waals surface area (Å²) in [5, 5.41) is 2.68. The second kappa shape index (κ2) is 4.45. The van der Waals surface area contributed by atoms with E-state index in [1.165, 1.54) is 6.33 Å². The maximum absolute atomic E-state index is 11.4. The molecule has 0 aliphatic heterocycles. The highest BCUT2D eigenvalue weighted by molar-refractivity contribution is 6.02. The molecule has 4 heteroatoms. The van der Waals surface area contributed by atoms with E-state index in [1.807, 2.05) is 13.0 Å². The Labute approximate surface area is 77.1 Å². The van der Waals surface area contributed by atoms with Crippen LogP contribution in [0.15, 0.2) is 24.2 Å². The van der Waals surface area contributed by atoms with E-state index in [-0.39, 0.29) is 5.91 Å². The number of nitrogens with one attached hydrogen (secondary N) is 2. The van der Waals surface area contributed by atoms with E-state index in [1.54, 1.807) is 13.1 Å². The highest BCUT2D eigenvalue weighted by Crippen LogP contribution is 2.02. The number of nitrogens with zero attached hydrogens (tertiary/aromatic N) is 1. The summed E-state index contributed by atoms with van der Waals surface area (Å²) in [6.45, 7) is 3.78. The zero-order valence-electron chi connectivity index (χ0n) is 7.79. The van der Waals surface area contributed by atoms with Crippen molar-refractivity contribution in [2.24, 2.45) is 0 Å². The Bertz CT molecular complexity index is 301. The van der Waals surface area contributed by atoms with E-state index >= 15 is 0 Å². The summed E-state index contributed by atoms with van der Waals surface area (Å²) in [4.78, 5) is 18.0. The monoisotopic (exact) mass is 179 g/mol. The van der Waals surface area contributed by atoms with Crippen molar-refractivity contribution in [1.29, 1.82) is 0 Å². The van der Waals surface area contributed by atoms with E-state index in [0.29, 0.717) is 5.82 Å². The zero-order chi connectivity index (χ0) is 9.68. The van der Waals surface area contributed by atoms with Gasteiger partial charge in [-0.15, -0.1) is 0 Å². The van der Waals surface area contributed by atoms with Crippen molar-refractivity contribution in [3.05, 3.63) is 24.2 Å². The Balaban J connectivity index is 2.56. The van der Waals surface area contributed by atoms with Crippen LogP contribution in [-0.4, -0.2) is 15.9 Å². The lowest BCUT2D eigenvalue weighted by atomic mass is 10.2. The Morgan fingerprint density at radius 2 is 2.54 bits per heavy atom. The van der Waals surface area contributed by atoms with Crippen LogP contribution >= 0.6 is 0 Å². The summed E-state index contributed by atoms with van der Waals surface area (Å²) < 4.78 is 0. The van der Waals surface area contributed by atoms with Crippen LogP contribution in [0.4, 0.5) is 5.82 Å². The molecule has 1 heterocycles. The van der Waals surface area contributed by atoms with E-state index in [0.717, 1.165) is 12.0 Å². The molecule has 0 spiro atoms. The van der Waals surface area contributed by atoms with E-state index in [2.05, 4.69) is 15.3 Å². The number of allylic oxidation sites excluding steroid dienone is 1. The maximum Gasteiger partial charge on any atom is 0.252 e. The van der Waals surface area contributed by atoms with Crippen LogP contribution in [0, 0.1) is 0 Å². The first kappa shape index (κ1) is 9.51. The molecule has 0 aromatic carbocycles. The fourth-order valence-electron chi connectivity index (χ4n) is 0.944. The molecule has 4 nitrogen and oxygen atoms in total. The smallest absolute Gasteiger partial charge is 0.252 e. The lowest BCUT2D eigenvalue weighted by molar-refractivity contribution is -0.112. The first-order valence-corrected chi connectivity index (χ1v) is 4.20. The van der Waals surface area contributed by atoms with E-state index in [4.69, 9.17) is 0 Å². The minimum Gasteiger partial charge on any atom is -0.331 e. The van der Waals surface area contributed by atoms with Crippen LogP contribution in [0.3, 0.4) is 0 Å². The number of imidazole rings is 1. The lowest BCUT2D eigenvalue weighted by Crippen LogP contribution is -2.12. The van der Waals surface area contributed by atoms with Gasteiger partial charge in [0.1, 0.15) is 5.82 Å². The molecule has 0 saturated carbocycles. The Hall–Kier alpha value is -1.58. The number of aromatic nitrogens is 2. The maximum atomic E-state index is 11.4. The molecule has 1 aromatic rings. The minimum atomic E-state index is -0.0916. The van der Waals surface area contributed by atoms with Gasteiger partial charge in [0.2, 0.25) is 0 Å². The molecule has 0 aliphatic rings. The molecule has 1 aromatic heterocycles. The van der Waals surface area contributed by atoms with Gasteiger partial charge >= 0.3 is 0 Å². The molecule has 0 bridgehead atoms. The first-order valence-electron chi connectivity index (χ1n) is 4.20. The molecule has 2 N–H and O–H groups in total. The van der Waals surface area contributed by atoms with Crippen LogP contribution < -0.4 is 5.32 Å². The van der Waals surface area contributed by atoms with Gasteiger partial charge in [-0.05, 0) is 13.3 Å². The fraction of sp³-hybridized carbons (Fsp3) is 0.333. The Morgan fingerprint density at radius 3 is 3.08 bits per heavy atom. The molecule has 70 valence electrons. The number of aromatic amines is 1. The fourth-order valence-corrected chi connectivity index (χ4v) is 0.944. The summed E-state index contributed by atoms with van der Waals surface area (Å²) in [6, 6.07) is 0. The average molecular weight is 179 g/mol. The van der Waals surface area contributed by atoms with Crippen molar-refractivity contribution in [3.8, 4) is 0 Å². The van der Waals surface area contributed by atoms with Gasteiger partial charge in [-0.1, -0.05) is 13.0 Å². The van der Waals surface area contributed by atoms with E-state index < -0.39 is 0 Å². The lowest BCUT2D eigenvalue weighted by Gasteiger charge is -2.01. The topological polar surface area (TPSA) is 57.8 Å². The molecular weight excluding hydrogens is 166 g/mol. The number of hydrogen-bond donors (Lipinski definition) is 2. The van der Waals surface area contributed by atoms with Gasteiger partial charge in [0.05, 0.1) is 12.5 Å². The van der Waals surface area contributed by atoms with Crippen LogP contribution in [0.2, 0.25) is 0 Å². The van der Waals surface area contributed by atoms with Gasteiger partial charge in [0.15, 0.2) is 0 Å². The predicted molar refractivity (Wildman–Crippen MR) is 51.3 cm³/mol. The molecule has 0 fully saturated rings. The number of amides is 1. The molecule has 0 aliphatic carbocycles. The second-order valence-corrected chi connectivity index (χ2v) is 2.71. The van der Waals surface area contributed by atoms with Crippen molar-refractivity contribution in [1.82, 2.24) is 9.97 Å². The molecule has 0 atom stereocenters. The largest absolute Gasteiger partial charge is 0.331 e. The summed E-state index contributed by atoms with van der Waals surface area (Å²) >= 11 is 0. The predicted octanol–water partition coefficient (Wildman–Crippen LogP) is 1.70. The standard InChI is InChI=1S/C9H13N3O/c1-3-4-7(2)9(13)12-8-5-10-6-11-8/h4-6H,3H2,1-2H3,(H,10,11)(H,12,13)/b7-4-. The molecule has 0 radical (unpaired) electrons. The molecule has 0 unspecified atom stereocenters. The molecule has 0 saturated heterocycles. The molecule has 13 heavy (non-hydrogen) atoms. The van der Waals surface area contributed by atoms with Crippen molar-refractivity contribution < 1.29 is 4.79 Å². The Morgan fingerprint density at radius 1 is 1.77 bits per heavy atom. The number of hydrogen-bond acceptors (Lipinski definition) is 2. The van der Waals surface area contributed by atoms with Crippen molar-refractivity contribution >= 4 is 11.7 Å². The van der Waals surface area contributed by atoms with Crippen molar-refractivity contribution in [2.45, 2.75) is 20.3 Å². The van der Waals surface area contributed by atoms with Gasteiger partial charge < -0.3 is 10.3 Å². The normalized spacial score (nSPS) is 11.4. The van der Waals surface area contributed by atoms with Gasteiger partial charge in [-0.2, -0.15) is 0 Å². The van der Waals surface area contributed by atoms with Gasteiger partial charge in [0, 0.05) is 5.57 Å². The van der Waals surface area contributed by atoms with E-state index in [9.17, 15) is 4.79 Å². The summed E-state index contributed by atoms with van der Waals surface area (Å²) in [5.41, 5.74) is 0.720. The number of carbonyl (C=O) groups is 1. The van der Waals surface area contributed by atoms with Crippen LogP contribution in [0.25, 0.3) is 0 Å². The number of carbonyl (C=O) groups excluding carboxylic acids is 1. The molecule has 1 rings (SSSR count). The van der Waals surface area contributed by atoms with Crippen molar-refractivity contribution in [2.75, 3.05) is 5.32 Å². The summed E-state index contributed by atoms with van der Waals surface area (Å²) in [6.07, 6.45) is 5.83. The third kappa shape index (κ3) is 2.74.